The number of furan rings is 4. The third-order valence-corrected chi connectivity index (χ3v) is 22.7. The van der Waals surface area contributed by atoms with Crippen molar-refractivity contribution in [2.45, 2.75) is 27.2 Å². The molecule has 0 aliphatic carbocycles. The molecule has 0 fully saturated rings. The SMILES string of the molecule is Cc1cccc(N(c2ccccc2)c2ccc3cc4c(cc3c2)oc2cc3oc5cc6cc(N(c7ccccc7)c7cccc(Cc8ccc(N(c9ccc%10cc%11c(cc%10c9)oc9cc%10oc%12cc%13cc(N(c%14ccccc%14)c%14ccccc%14C)ccc%13cc%12c%10cc9%11)c9ccccc9C)cc8)c7)ccc6cc5c3cc24)c1. The Balaban J connectivity index is 0.543. The van der Waals surface area contributed by atoms with E-state index in [0.29, 0.717) is 0 Å². The van der Waals surface area contributed by atoms with Gasteiger partial charge in [-0.15, -0.1) is 0 Å². The van der Waals surface area contributed by atoms with Gasteiger partial charge in [0.15, 0.2) is 0 Å². The average molecular weight is 1440 g/mol. The van der Waals surface area contributed by atoms with Gasteiger partial charge in [0, 0.05) is 123 Å². The summed E-state index contributed by atoms with van der Waals surface area (Å²) in [5.74, 6) is 0. The average Bonchev–Trinajstić information content (AvgIpc) is 1.58. The van der Waals surface area contributed by atoms with Gasteiger partial charge in [0.2, 0.25) is 0 Å². The fourth-order valence-electron chi connectivity index (χ4n) is 17.2. The highest BCUT2D eigenvalue weighted by atomic mass is 16.4. The van der Waals surface area contributed by atoms with Gasteiger partial charge in [-0.05, 0) is 292 Å². The van der Waals surface area contributed by atoms with E-state index in [9.17, 15) is 0 Å². The largest absolute Gasteiger partial charge is 0.456 e. The smallest absolute Gasteiger partial charge is 0.139 e. The zero-order valence-corrected chi connectivity index (χ0v) is 61.7. The molecule has 18 aromatic carbocycles. The zero-order valence-electron chi connectivity index (χ0n) is 61.7. The number of benzene rings is 18. The Kier molecular flexibility index (Phi) is 14.9. The van der Waals surface area contributed by atoms with Crippen molar-refractivity contribution >= 4 is 199 Å². The van der Waals surface area contributed by atoms with Gasteiger partial charge in [0.25, 0.3) is 0 Å². The maximum absolute atomic E-state index is 6.79. The van der Waals surface area contributed by atoms with Crippen LogP contribution >= 0.6 is 0 Å². The quantitative estimate of drug-likeness (QED) is 0.107. The van der Waals surface area contributed by atoms with Crippen LogP contribution in [0.15, 0.2) is 376 Å². The van der Waals surface area contributed by atoms with Crippen LogP contribution in [-0.4, -0.2) is 0 Å². The van der Waals surface area contributed by atoms with Crippen LogP contribution in [0.1, 0.15) is 27.8 Å². The number of hydrogen-bond acceptors (Lipinski definition) is 8. The van der Waals surface area contributed by atoms with Crippen LogP contribution in [0, 0.1) is 20.8 Å². The molecule has 0 spiro atoms. The van der Waals surface area contributed by atoms with Gasteiger partial charge in [-0.25, -0.2) is 0 Å². The van der Waals surface area contributed by atoms with Crippen LogP contribution in [0.3, 0.4) is 0 Å². The van der Waals surface area contributed by atoms with Gasteiger partial charge >= 0.3 is 0 Å². The number of aryl methyl sites for hydroxylation is 3. The van der Waals surface area contributed by atoms with Gasteiger partial charge in [0.1, 0.15) is 44.7 Å². The van der Waals surface area contributed by atoms with Crippen molar-refractivity contribution in [2.75, 3.05) is 19.6 Å². The van der Waals surface area contributed by atoms with Crippen LogP contribution in [-0.2, 0) is 6.42 Å². The molecule has 0 N–H and O–H groups in total. The maximum Gasteiger partial charge on any atom is 0.139 e. The number of nitrogens with zero attached hydrogens (tertiary/aromatic N) is 4. The topological polar surface area (TPSA) is 65.5 Å². The highest BCUT2D eigenvalue weighted by Crippen LogP contribution is 2.48. The molecular formula is C104H70N4O4. The molecule has 112 heavy (non-hydrogen) atoms. The Bertz CT molecular complexity index is 7540. The second-order valence-electron chi connectivity index (χ2n) is 29.9. The lowest BCUT2D eigenvalue weighted by atomic mass is 10.0. The molecule has 0 aliphatic heterocycles. The van der Waals surface area contributed by atoms with E-state index >= 15 is 0 Å². The van der Waals surface area contributed by atoms with Crippen molar-refractivity contribution in [1.29, 1.82) is 0 Å². The highest BCUT2D eigenvalue weighted by Gasteiger charge is 2.24. The summed E-state index contributed by atoms with van der Waals surface area (Å²) < 4.78 is 27.0. The Morgan fingerprint density at radius 3 is 0.866 bits per heavy atom. The first-order valence-corrected chi connectivity index (χ1v) is 38.3. The minimum absolute atomic E-state index is 0.746. The van der Waals surface area contributed by atoms with Crippen molar-refractivity contribution in [2.24, 2.45) is 0 Å². The monoisotopic (exact) mass is 1440 g/mol. The van der Waals surface area contributed by atoms with Crippen molar-refractivity contribution in [3.05, 3.63) is 386 Å². The Morgan fingerprint density at radius 2 is 0.482 bits per heavy atom. The number of fused-ring (bicyclic) bond motifs is 16. The summed E-state index contributed by atoms with van der Waals surface area (Å²) in [6.45, 7) is 6.49. The molecule has 22 rings (SSSR count). The number of para-hydroxylation sites is 5. The van der Waals surface area contributed by atoms with Gasteiger partial charge in [-0.2, -0.15) is 0 Å². The van der Waals surface area contributed by atoms with Crippen LogP contribution < -0.4 is 19.6 Å². The molecular weight excluding hydrogens is 1370 g/mol. The van der Waals surface area contributed by atoms with Crippen LogP contribution in [0.2, 0.25) is 0 Å². The van der Waals surface area contributed by atoms with E-state index < -0.39 is 0 Å². The molecule has 4 heterocycles. The van der Waals surface area contributed by atoms with Gasteiger partial charge in [0.05, 0.1) is 0 Å². The minimum Gasteiger partial charge on any atom is -0.456 e. The Labute approximate surface area is 645 Å². The zero-order chi connectivity index (χ0) is 74.2. The molecule has 530 valence electrons. The Hall–Kier alpha value is -14.6. The molecule has 0 bridgehead atoms. The first kappa shape index (κ1) is 64.6. The van der Waals surface area contributed by atoms with E-state index in [1.54, 1.807) is 0 Å². The summed E-state index contributed by atoms with van der Waals surface area (Å²) in [5, 5.41) is 17.5. The number of anilines is 12. The molecule has 8 heteroatoms. The molecule has 0 radical (unpaired) electrons. The van der Waals surface area contributed by atoms with Crippen LogP contribution in [0.5, 0.6) is 0 Å². The van der Waals surface area contributed by atoms with E-state index in [-0.39, 0.29) is 0 Å². The minimum atomic E-state index is 0.746. The maximum atomic E-state index is 6.79. The van der Waals surface area contributed by atoms with E-state index in [0.717, 1.165) is 206 Å². The number of hydrogen-bond donors (Lipinski definition) is 0. The van der Waals surface area contributed by atoms with Crippen LogP contribution in [0.25, 0.3) is 131 Å². The van der Waals surface area contributed by atoms with E-state index in [4.69, 9.17) is 17.7 Å². The van der Waals surface area contributed by atoms with Gasteiger partial charge in [-0.3, -0.25) is 0 Å². The van der Waals surface area contributed by atoms with Crippen molar-refractivity contribution in [1.82, 2.24) is 0 Å². The Morgan fingerprint density at radius 1 is 0.188 bits per heavy atom. The summed E-state index contributed by atoms with van der Waals surface area (Å²) >= 11 is 0. The number of rotatable bonds is 14. The normalized spacial score (nSPS) is 11.9. The molecule has 0 saturated heterocycles. The second-order valence-corrected chi connectivity index (χ2v) is 29.9. The predicted molar refractivity (Wildman–Crippen MR) is 468 cm³/mol. The van der Waals surface area contributed by atoms with Crippen molar-refractivity contribution in [3.63, 3.8) is 0 Å². The summed E-state index contributed by atoms with van der Waals surface area (Å²) in [4.78, 5) is 9.37. The lowest BCUT2D eigenvalue weighted by molar-refractivity contribution is 0.656. The predicted octanol–water partition coefficient (Wildman–Crippen LogP) is 30.3. The first-order valence-electron chi connectivity index (χ1n) is 38.3. The molecule has 0 unspecified atom stereocenters. The van der Waals surface area contributed by atoms with Crippen molar-refractivity contribution < 1.29 is 17.7 Å². The first-order chi connectivity index (χ1) is 55.1. The van der Waals surface area contributed by atoms with E-state index in [2.05, 4.69) is 398 Å². The fourth-order valence-corrected chi connectivity index (χ4v) is 17.2. The van der Waals surface area contributed by atoms with Gasteiger partial charge in [-0.1, -0.05) is 152 Å². The highest BCUT2D eigenvalue weighted by molar-refractivity contribution is 6.21. The summed E-state index contributed by atoms with van der Waals surface area (Å²) in [7, 11) is 0. The fraction of sp³-hybridized carbons (Fsp3) is 0.0385. The lowest BCUT2D eigenvalue weighted by Crippen LogP contribution is -2.11. The summed E-state index contributed by atoms with van der Waals surface area (Å²) in [5.41, 5.74) is 25.6. The third kappa shape index (κ3) is 11.0. The van der Waals surface area contributed by atoms with Crippen molar-refractivity contribution in [3.8, 4) is 0 Å². The third-order valence-electron chi connectivity index (χ3n) is 22.7. The molecule has 8 nitrogen and oxygen atoms in total. The second kappa shape index (κ2) is 25.8. The molecule has 0 atom stereocenters. The van der Waals surface area contributed by atoms with Crippen LogP contribution in [0.4, 0.5) is 68.2 Å². The standard InChI is InChI=1S/C104H70N4O4/c1-64-19-17-29-81(45-64)105(77-23-7-4-8-24-77)83-41-35-69-52-87-91-60-92-88-53-70-36-42-84(49-74(70)57-98(88)110-102(92)62-101(91)109-97(87)56-73(69)48-83)106(78-25-9-5-10-26-78)82-30-18-22-68(47-82)46-67-33-39-80(40-34-67)108(96-32-16-14-21-66(96)3)86-44-38-72-55-90-94-61-93-89-54-71-37-43-85(107(79-27-11-6-12-28-79)95-31-15-13-20-65(95)2)50-75(71)58-99(89)111-103(93)63-104(94)112-100(90)59-76(72)51-86/h4-45,47-63H,46H2,1-3H3. The summed E-state index contributed by atoms with van der Waals surface area (Å²) in [6.07, 6.45) is 0.746. The lowest BCUT2D eigenvalue weighted by Gasteiger charge is -2.27. The molecule has 22 aromatic rings. The molecule has 0 aliphatic rings. The molecule has 0 amide bonds. The summed E-state index contributed by atoms with van der Waals surface area (Å²) in [6, 6.07) is 129. The van der Waals surface area contributed by atoms with Gasteiger partial charge < -0.3 is 37.3 Å². The van der Waals surface area contributed by atoms with E-state index in [1.807, 2.05) is 0 Å². The molecule has 4 aromatic heterocycles. The van der Waals surface area contributed by atoms with E-state index in [1.165, 1.54) is 27.8 Å². The molecule has 0 saturated carbocycles.